The Kier molecular flexibility index (Phi) is 5.46. The number of amides is 1. The molecule has 0 aliphatic rings. The first-order valence-corrected chi connectivity index (χ1v) is 5.64. The molecule has 0 aliphatic heterocycles. The molecule has 1 amide bonds. The molecule has 1 N–H and O–H groups in total. The SMILES string of the molecule is COC(=O)CCCNC(=O)c1ccccc1[N+](=O)[O-]. The Morgan fingerprint density at radius 3 is 2.68 bits per heavy atom. The second kappa shape index (κ2) is 7.10. The van der Waals surface area contributed by atoms with Gasteiger partial charge >= 0.3 is 5.97 Å². The normalized spacial score (nSPS) is 9.74. The Balaban J connectivity index is 2.55. The Labute approximate surface area is 109 Å². The monoisotopic (exact) mass is 266 g/mol. The number of hydrogen-bond acceptors (Lipinski definition) is 5. The lowest BCUT2D eigenvalue weighted by atomic mass is 10.1. The number of benzene rings is 1. The second-order valence-corrected chi connectivity index (χ2v) is 3.71. The summed E-state index contributed by atoms with van der Waals surface area (Å²) in [4.78, 5) is 32.7. The highest BCUT2D eigenvalue weighted by Gasteiger charge is 2.18. The van der Waals surface area contributed by atoms with Crippen LogP contribution in [0.4, 0.5) is 5.69 Å². The van der Waals surface area contributed by atoms with Gasteiger partial charge in [0.15, 0.2) is 0 Å². The number of methoxy groups -OCH3 is 1. The van der Waals surface area contributed by atoms with Gasteiger partial charge in [-0.1, -0.05) is 12.1 Å². The fourth-order valence-corrected chi connectivity index (χ4v) is 1.46. The highest BCUT2D eigenvalue weighted by Crippen LogP contribution is 2.17. The predicted molar refractivity (Wildman–Crippen MR) is 66.7 cm³/mol. The molecule has 0 heterocycles. The van der Waals surface area contributed by atoms with Gasteiger partial charge in [-0.3, -0.25) is 19.7 Å². The van der Waals surface area contributed by atoms with Crippen LogP contribution in [0.3, 0.4) is 0 Å². The molecule has 0 spiro atoms. The lowest BCUT2D eigenvalue weighted by Crippen LogP contribution is -2.25. The smallest absolute Gasteiger partial charge is 0.305 e. The number of nitro benzene ring substituents is 1. The maximum atomic E-state index is 11.8. The van der Waals surface area contributed by atoms with Gasteiger partial charge in [0, 0.05) is 19.0 Å². The molecule has 0 unspecified atom stereocenters. The van der Waals surface area contributed by atoms with Gasteiger partial charge in [0.25, 0.3) is 11.6 Å². The molecular weight excluding hydrogens is 252 g/mol. The van der Waals surface area contributed by atoms with Gasteiger partial charge in [-0.2, -0.15) is 0 Å². The summed E-state index contributed by atoms with van der Waals surface area (Å²) in [7, 11) is 1.29. The molecule has 1 aromatic carbocycles. The molecule has 7 heteroatoms. The molecule has 19 heavy (non-hydrogen) atoms. The molecule has 1 aromatic rings. The van der Waals surface area contributed by atoms with E-state index in [1.165, 1.54) is 25.3 Å². The van der Waals surface area contributed by atoms with Gasteiger partial charge in [-0.15, -0.1) is 0 Å². The van der Waals surface area contributed by atoms with Crippen LogP contribution >= 0.6 is 0 Å². The first-order chi connectivity index (χ1) is 9.06. The first kappa shape index (κ1) is 14.6. The van der Waals surface area contributed by atoms with Crippen molar-refractivity contribution in [2.75, 3.05) is 13.7 Å². The number of carbonyl (C=O) groups is 2. The van der Waals surface area contributed by atoms with Crippen molar-refractivity contribution >= 4 is 17.6 Å². The van der Waals surface area contributed by atoms with E-state index in [1.807, 2.05) is 0 Å². The maximum Gasteiger partial charge on any atom is 0.305 e. The van der Waals surface area contributed by atoms with Crippen molar-refractivity contribution in [1.82, 2.24) is 5.32 Å². The summed E-state index contributed by atoms with van der Waals surface area (Å²) in [5.74, 6) is -0.892. The summed E-state index contributed by atoms with van der Waals surface area (Å²) in [5.41, 5.74) is -0.237. The van der Waals surface area contributed by atoms with Crippen molar-refractivity contribution < 1.29 is 19.2 Å². The molecule has 0 aromatic heterocycles. The fraction of sp³-hybridized carbons (Fsp3) is 0.333. The van der Waals surface area contributed by atoms with Crippen LogP contribution in [0.25, 0.3) is 0 Å². The summed E-state index contributed by atoms with van der Waals surface area (Å²) in [5, 5.41) is 13.3. The van der Waals surface area contributed by atoms with Crippen molar-refractivity contribution in [2.24, 2.45) is 0 Å². The first-order valence-electron chi connectivity index (χ1n) is 5.64. The van der Waals surface area contributed by atoms with E-state index in [9.17, 15) is 19.7 Å². The van der Waals surface area contributed by atoms with E-state index in [2.05, 4.69) is 10.1 Å². The van der Waals surface area contributed by atoms with E-state index in [-0.39, 0.29) is 30.2 Å². The van der Waals surface area contributed by atoms with E-state index in [0.717, 1.165) is 0 Å². The highest BCUT2D eigenvalue weighted by molar-refractivity contribution is 5.98. The average molecular weight is 266 g/mol. The number of carbonyl (C=O) groups excluding carboxylic acids is 2. The Morgan fingerprint density at radius 2 is 2.05 bits per heavy atom. The zero-order chi connectivity index (χ0) is 14.3. The Bertz CT molecular complexity index is 487. The van der Waals surface area contributed by atoms with Crippen LogP contribution in [0.5, 0.6) is 0 Å². The molecule has 0 aliphatic carbocycles. The molecule has 0 radical (unpaired) electrons. The van der Waals surface area contributed by atoms with Crippen LogP contribution in [-0.4, -0.2) is 30.5 Å². The molecule has 0 bridgehead atoms. The molecular formula is C12H14N2O5. The van der Waals surface area contributed by atoms with Crippen LogP contribution in [0, 0.1) is 10.1 Å². The fourth-order valence-electron chi connectivity index (χ4n) is 1.46. The number of hydrogen-bond donors (Lipinski definition) is 1. The minimum Gasteiger partial charge on any atom is -0.469 e. The third-order valence-corrected chi connectivity index (χ3v) is 2.42. The minimum atomic E-state index is -0.608. The van der Waals surface area contributed by atoms with Gasteiger partial charge in [0.05, 0.1) is 12.0 Å². The Hall–Kier alpha value is -2.44. The molecule has 1 rings (SSSR count). The average Bonchev–Trinajstić information content (AvgIpc) is 2.42. The van der Waals surface area contributed by atoms with Crippen molar-refractivity contribution in [3.63, 3.8) is 0 Å². The van der Waals surface area contributed by atoms with Crippen molar-refractivity contribution in [3.05, 3.63) is 39.9 Å². The number of para-hydroxylation sites is 1. The third-order valence-electron chi connectivity index (χ3n) is 2.42. The van der Waals surface area contributed by atoms with Crippen molar-refractivity contribution in [3.8, 4) is 0 Å². The molecule has 0 saturated carbocycles. The van der Waals surface area contributed by atoms with Gasteiger partial charge in [0.1, 0.15) is 5.56 Å². The largest absolute Gasteiger partial charge is 0.469 e. The minimum absolute atomic E-state index is 0.00516. The van der Waals surface area contributed by atoms with E-state index in [0.29, 0.717) is 6.42 Å². The summed E-state index contributed by atoms with van der Waals surface area (Å²) < 4.78 is 4.45. The number of nitro groups is 1. The summed E-state index contributed by atoms with van der Waals surface area (Å²) >= 11 is 0. The third kappa shape index (κ3) is 4.38. The topological polar surface area (TPSA) is 98.5 Å². The molecule has 7 nitrogen and oxygen atoms in total. The number of rotatable bonds is 6. The standard InChI is InChI=1S/C12H14N2O5/c1-19-11(15)7-4-8-13-12(16)9-5-2-3-6-10(9)14(17)18/h2-3,5-6H,4,7-8H2,1H3,(H,13,16). The van der Waals surface area contributed by atoms with Gasteiger partial charge < -0.3 is 10.1 Å². The predicted octanol–water partition coefficient (Wildman–Crippen LogP) is 1.28. The molecule has 0 atom stereocenters. The number of nitrogens with one attached hydrogen (secondary N) is 1. The van der Waals surface area contributed by atoms with Crippen LogP contribution in [0.15, 0.2) is 24.3 Å². The van der Waals surface area contributed by atoms with Crippen LogP contribution in [-0.2, 0) is 9.53 Å². The van der Waals surface area contributed by atoms with Gasteiger partial charge in [-0.05, 0) is 12.5 Å². The van der Waals surface area contributed by atoms with Gasteiger partial charge in [0.2, 0.25) is 0 Å². The lowest BCUT2D eigenvalue weighted by Gasteiger charge is -2.05. The Morgan fingerprint density at radius 1 is 1.37 bits per heavy atom. The molecule has 102 valence electrons. The molecule has 0 fully saturated rings. The van der Waals surface area contributed by atoms with Crippen molar-refractivity contribution in [2.45, 2.75) is 12.8 Å². The number of nitrogens with zero attached hydrogens (tertiary/aromatic N) is 1. The lowest BCUT2D eigenvalue weighted by molar-refractivity contribution is -0.385. The number of ether oxygens (including phenoxy) is 1. The summed E-state index contributed by atoms with van der Waals surface area (Å²) in [6, 6.07) is 5.69. The van der Waals surface area contributed by atoms with Crippen LogP contribution in [0.2, 0.25) is 0 Å². The van der Waals surface area contributed by atoms with E-state index < -0.39 is 10.8 Å². The maximum absolute atomic E-state index is 11.8. The van der Waals surface area contributed by atoms with Gasteiger partial charge in [-0.25, -0.2) is 0 Å². The second-order valence-electron chi connectivity index (χ2n) is 3.71. The summed E-state index contributed by atoms with van der Waals surface area (Å²) in [6.45, 7) is 0.250. The van der Waals surface area contributed by atoms with E-state index in [1.54, 1.807) is 6.07 Å². The van der Waals surface area contributed by atoms with E-state index in [4.69, 9.17) is 0 Å². The zero-order valence-electron chi connectivity index (χ0n) is 10.4. The van der Waals surface area contributed by atoms with Crippen LogP contribution < -0.4 is 5.32 Å². The highest BCUT2D eigenvalue weighted by atomic mass is 16.6. The van der Waals surface area contributed by atoms with E-state index >= 15 is 0 Å². The zero-order valence-corrected chi connectivity index (χ0v) is 10.4. The van der Waals surface area contributed by atoms with Crippen LogP contribution in [0.1, 0.15) is 23.2 Å². The molecule has 0 saturated heterocycles. The van der Waals surface area contributed by atoms with Crippen molar-refractivity contribution in [1.29, 1.82) is 0 Å². The number of esters is 1. The quantitative estimate of drug-likeness (QED) is 0.362. The summed E-state index contributed by atoms with van der Waals surface area (Å²) in [6.07, 6.45) is 0.604.